The fraction of sp³-hybridized carbons (Fsp3) is 0.286. The molecule has 172 valence electrons. The molecule has 0 bridgehead atoms. The number of anilines is 2. The summed E-state index contributed by atoms with van der Waals surface area (Å²) in [5.74, 6) is -0.394. The van der Waals surface area contributed by atoms with Gasteiger partial charge in [0.05, 0.1) is 21.7 Å². The van der Waals surface area contributed by atoms with Crippen molar-refractivity contribution in [2.45, 2.75) is 25.1 Å². The van der Waals surface area contributed by atoms with E-state index in [0.29, 0.717) is 11.4 Å². The van der Waals surface area contributed by atoms with Gasteiger partial charge in [0, 0.05) is 12.6 Å². The molecule has 2 aromatic carbocycles. The molecule has 1 heterocycles. The summed E-state index contributed by atoms with van der Waals surface area (Å²) in [4.78, 5) is 14.1. The molecule has 0 saturated heterocycles. The van der Waals surface area contributed by atoms with Gasteiger partial charge >= 0.3 is 6.36 Å². The summed E-state index contributed by atoms with van der Waals surface area (Å²) >= 11 is 0. The van der Waals surface area contributed by atoms with Crippen LogP contribution < -0.4 is 19.1 Å². The van der Waals surface area contributed by atoms with E-state index in [-0.39, 0.29) is 29.6 Å². The van der Waals surface area contributed by atoms with Crippen molar-refractivity contribution < 1.29 is 35.9 Å². The lowest BCUT2D eigenvalue weighted by atomic mass is 9.93. The standard InChI is InChI=1S/C21H21F3N2O5S/c1-4-11-26-17-10-5-14(12-18(17)30-13-20(2,3)19(26)27)25-32(28,29)16-8-6-15(7-9-16)31-21(22,23)24/h4-10,12,25H,1,11,13H2,2-3H3. The molecule has 7 nitrogen and oxygen atoms in total. The smallest absolute Gasteiger partial charge is 0.490 e. The summed E-state index contributed by atoms with van der Waals surface area (Å²) in [6.07, 6.45) is -3.30. The minimum Gasteiger partial charge on any atom is -0.490 e. The summed E-state index contributed by atoms with van der Waals surface area (Å²) < 4.78 is 74.1. The zero-order chi connectivity index (χ0) is 23.7. The number of carbonyl (C=O) groups excluding carboxylic acids is 1. The Bertz CT molecular complexity index is 1130. The Balaban J connectivity index is 1.87. The third-order valence-electron chi connectivity index (χ3n) is 4.59. The number of hydrogen-bond acceptors (Lipinski definition) is 5. The number of nitrogens with zero attached hydrogens (tertiary/aromatic N) is 1. The summed E-state index contributed by atoms with van der Waals surface area (Å²) in [6.45, 7) is 7.49. The molecule has 0 aromatic heterocycles. The first-order valence-electron chi connectivity index (χ1n) is 9.41. The van der Waals surface area contributed by atoms with E-state index in [2.05, 4.69) is 16.0 Å². The van der Waals surface area contributed by atoms with E-state index in [0.717, 1.165) is 24.3 Å². The second-order valence-electron chi connectivity index (χ2n) is 7.68. The Morgan fingerprint density at radius 3 is 2.47 bits per heavy atom. The third-order valence-corrected chi connectivity index (χ3v) is 5.99. The summed E-state index contributed by atoms with van der Waals surface area (Å²) in [6, 6.07) is 8.26. The Morgan fingerprint density at radius 1 is 1.22 bits per heavy atom. The van der Waals surface area contributed by atoms with Crippen molar-refractivity contribution in [1.29, 1.82) is 0 Å². The average molecular weight is 470 g/mol. The van der Waals surface area contributed by atoms with Gasteiger partial charge in [-0.3, -0.25) is 9.52 Å². The maximum absolute atomic E-state index is 12.8. The first kappa shape index (κ1) is 23.5. The lowest BCUT2D eigenvalue weighted by molar-refractivity contribution is -0.274. The maximum Gasteiger partial charge on any atom is 0.573 e. The predicted molar refractivity (Wildman–Crippen MR) is 112 cm³/mol. The monoisotopic (exact) mass is 470 g/mol. The van der Waals surface area contributed by atoms with Crippen LogP contribution in [-0.2, 0) is 14.8 Å². The number of alkyl halides is 3. The van der Waals surface area contributed by atoms with Gasteiger partial charge in [0.25, 0.3) is 10.0 Å². The average Bonchev–Trinajstić information content (AvgIpc) is 2.77. The quantitative estimate of drug-likeness (QED) is 0.636. The SMILES string of the molecule is C=CCN1C(=O)C(C)(C)COc2cc(NS(=O)(=O)c3ccc(OC(F)(F)F)cc3)ccc21. The van der Waals surface area contributed by atoms with Gasteiger partial charge < -0.3 is 14.4 Å². The molecular weight excluding hydrogens is 449 g/mol. The largest absolute Gasteiger partial charge is 0.573 e. The summed E-state index contributed by atoms with van der Waals surface area (Å²) in [7, 11) is -4.11. The molecule has 0 radical (unpaired) electrons. The van der Waals surface area contributed by atoms with Crippen molar-refractivity contribution in [2.75, 3.05) is 22.8 Å². The number of hydrogen-bond donors (Lipinski definition) is 1. The molecule has 0 fully saturated rings. The Morgan fingerprint density at radius 2 is 1.88 bits per heavy atom. The number of amides is 1. The van der Waals surface area contributed by atoms with E-state index in [9.17, 15) is 26.4 Å². The fourth-order valence-corrected chi connectivity index (χ4v) is 4.11. The van der Waals surface area contributed by atoms with Gasteiger partial charge in [0.2, 0.25) is 5.91 Å². The highest BCUT2D eigenvalue weighted by atomic mass is 32.2. The van der Waals surface area contributed by atoms with E-state index < -0.39 is 27.6 Å². The molecule has 3 rings (SSSR count). The lowest BCUT2D eigenvalue weighted by Gasteiger charge is -2.27. The van der Waals surface area contributed by atoms with Gasteiger partial charge in [-0.25, -0.2) is 8.42 Å². The fourth-order valence-electron chi connectivity index (χ4n) is 3.06. The van der Waals surface area contributed by atoms with Crippen LogP contribution in [-0.4, -0.2) is 33.8 Å². The number of benzene rings is 2. The zero-order valence-corrected chi connectivity index (χ0v) is 18.1. The molecule has 1 N–H and O–H groups in total. The van der Waals surface area contributed by atoms with Gasteiger partial charge in [-0.1, -0.05) is 6.08 Å². The van der Waals surface area contributed by atoms with Crippen LogP contribution in [0.4, 0.5) is 24.5 Å². The van der Waals surface area contributed by atoms with E-state index in [1.165, 1.54) is 17.0 Å². The van der Waals surface area contributed by atoms with Crippen molar-refractivity contribution in [3.63, 3.8) is 0 Å². The van der Waals surface area contributed by atoms with E-state index in [4.69, 9.17) is 4.74 Å². The van der Waals surface area contributed by atoms with Crippen molar-refractivity contribution in [3.8, 4) is 11.5 Å². The topological polar surface area (TPSA) is 84.9 Å². The van der Waals surface area contributed by atoms with Crippen LogP contribution in [0, 0.1) is 5.41 Å². The lowest BCUT2D eigenvalue weighted by Crippen LogP contribution is -2.42. The minimum absolute atomic E-state index is 0.0867. The van der Waals surface area contributed by atoms with Crippen LogP contribution in [0.1, 0.15) is 13.8 Å². The molecule has 11 heteroatoms. The second-order valence-corrected chi connectivity index (χ2v) is 9.37. The van der Waals surface area contributed by atoms with Crippen LogP contribution in [0.3, 0.4) is 0 Å². The minimum atomic E-state index is -4.88. The number of rotatable bonds is 6. The van der Waals surface area contributed by atoms with E-state index in [1.54, 1.807) is 26.0 Å². The molecule has 1 amide bonds. The molecule has 32 heavy (non-hydrogen) atoms. The first-order chi connectivity index (χ1) is 14.8. The number of carbonyl (C=O) groups is 1. The number of sulfonamides is 1. The number of fused-ring (bicyclic) bond motifs is 1. The summed E-state index contributed by atoms with van der Waals surface area (Å²) in [5.41, 5.74) is -0.177. The normalized spacial score (nSPS) is 15.9. The highest BCUT2D eigenvalue weighted by Gasteiger charge is 2.37. The van der Waals surface area contributed by atoms with Gasteiger partial charge in [-0.2, -0.15) is 0 Å². The highest BCUT2D eigenvalue weighted by molar-refractivity contribution is 7.92. The Hall–Kier alpha value is -3.21. The maximum atomic E-state index is 12.8. The molecule has 0 saturated carbocycles. The van der Waals surface area contributed by atoms with Crippen molar-refractivity contribution >= 4 is 27.3 Å². The Labute approximate surface area is 183 Å². The van der Waals surface area contributed by atoms with E-state index in [1.807, 2.05) is 0 Å². The van der Waals surface area contributed by atoms with Crippen LogP contribution in [0.15, 0.2) is 60.0 Å². The van der Waals surface area contributed by atoms with Gasteiger partial charge in [-0.15, -0.1) is 19.8 Å². The number of nitrogens with one attached hydrogen (secondary N) is 1. The molecule has 0 aliphatic carbocycles. The predicted octanol–water partition coefficient (Wildman–Crippen LogP) is 4.32. The van der Waals surface area contributed by atoms with Crippen molar-refractivity contribution in [2.24, 2.45) is 5.41 Å². The molecule has 0 spiro atoms. The van der Waals surface area contributed by atoms with E-state index >= 15 is 0 Å². The van der Waals surface area contributed by atoms with Crippen LogP contribution in [0.2, 0.25) is 0 Å². The van der Waals surface area contributed by atoms with Crippen LogP contribution >= 0.6 is 0 Å². The van der Waals surface area contributed by atoms with Gasteiger partial charge in [0.1, 0.15) is 18.1 Å². The van der Waals surface area contributed by atoms with Crippen molar-refractivity contribution in [3.05, 3.63) is 55.1 Å². The Kier molecular flexibility index (Phi) is 6.14. The highest BCUT2D eigenvalue weighted by Crippen LogP contribution is 2.38. The first-order valence-corrected chi connectivity index (χ1v) is 10.9. The molecule has 2 aromatic rings. The van der Waals surface area contributed by atoms with Crippen molar-refractivity contribution in [1.82, 2.24) is 0 Å². The molecule has 0 unspecified atom stereocenters. The summed E-state index contributed by atoms with van der Waals surface area (Å²) in [5, 5.41) is 0. The van der Waals surface area contributed by atoms with Crippen LogP contribution in [0.25, 0.3) is 0 Å². The second kappa shape index (κ2) is 8.38. The number of halogens is 3. The van der Waals surface area contributed by atoms with Gasteiger partial charge in [0.15, 0.2) is 0 Å². The number of ether oxygens (including phenoxy) is 2. The molecule has 1 aliphatic rings. The molecular formula is C21H21F3N2O5S. The zero-order valence-electron chi connectivity index (χ0n) is 17.3. The molecule has 0 atom stereocenters. The van der Waals surface area contributed by atoms with Crippen LogP contribution in [0.5, 0.6) is 11.5 Å². The third kappa shape index (κ3) is 5.16. The van der Waals surface area contributed by atoms with Gasteiger partial charge in [-0.05, 0) is 50.2 Å². The molecule has 1 aliphatic heterocycles.